The van der Waals surface area contributed by atoms with Crippen LogP contribution in [-0.4, -0.2) is 19.9 Å². The first-order valence-corrected chi connectivity index (χ1v) is 5.72. The SMILES string of the molecule is COc1c(C)cc(Cl)cc1C1CNC(C)O1. The molecule has 0 amide bonds. The van der Waals surface area contributed by atoms with Crippen LogP contribution in [0.5, 0.6) is 5.75 Å². The van der Waals surface area contributed by atoms with E-state index >= 15 is 0 Å². The van der Waals surface area contributed by atoms with Crippen LogP contribution in [0.15, 0.2) is 12.1 Å². The molecule has 2 unspecified atom stereocenters. The van der Waals surface area contributed by atoms with Crippen LogP contribution in [-0.2, 0) is 4.74 Å². The fourth-order valence-corrected chi connectivity index (χ4v) is 2.35. The van der Waals surface area contributed by atoms with Crippen LogP contribution < -0.4 is 10.1 Å². The fraction of sp³-hybridized carbons (Fsp3) is 0.500. The van der Waals surface area contributed by atoms with Crippen molar-refractivity contribution >= 4 is 11.6 Å². The van der Waals surface area contributed by atoms with Crippen LogP contribution in [0, 0.1) is 6.92 Å². The molecule has 1 N–H and O–H groups in total. The van der Waals surface area contributed by atoms with Gasteiger partial charge in [-0.2, -0.15) is 0 Å². The molecule has 0 bridgehead atoms. The highest BCUT2D eigenvalue weighted by Gasteiger charge is 2.26. The molecule has 1 fully saturated rings. The molecule has 88 valence electrons. The van der Waals surface area contributed by atoms with E-state index in [2.05, 4.69) is 5.32 Å². The number of methoxy groups -OCH3 is 1. The van der Waals surface area contributed by atoms with Gasteiger partial charge in [0.25, 0.3) is 0 Å². The summed E-state index contributed by atoms with van der Waals surface area (Å²) >= 11 is 6.06. The van der Waals surface area contributed by atoms with Crippen molar-refractivity contribution in [1.82, 2.24) is 5.32 Å². The number of halogens is 1. The Bertz CT molecular complexity index is 395. The fourth-order valence-electron chi connectivity index (χ4n) is 2.07. The average Bonchev–Trinajstić information content (AvgIpc) is 2.63. The second-order valence-electron chi connectivity index (χ2n) is 4.02. The van der Waals surface area contributed by atoms with E-state index in [1.54, 1.807) is 7.11 Å². The van der Waals surface area contributed by atoms with E-state index in [0.717, 1.165) is 28.4 Å². The zero-order valence-electron chi connectivity index (χ0n) is 9.71. The van der Waals surface area contributed by atoms with Gasteiger partial charge in [-0.15, -0.1) is 0 Å². The van der Waals surface area contributed by atoms with E-state index in [1.807, 2.05) is 26.0 Å². The zero-order chi connectivity index (χ0) is 11.7. The summed E-state index contributed by atoms with van der Waals surface area (Å²) < 4.78 is 11.2. The summed E-state index contributed by atoms with van der Waals surface area (Å²) in [5, 5.41) is 3.96. The monoisotopic (exact) mass is 241 g/mol. The number of hydrogen-bond donors (Lipinski definition) is 1. The predicted octanol–water partition coefficient (Wildman–Crippen LogP) is 2.66. The Hall–Kier alpha value is -0.770. The second kappa shape index (κ2) is 4.62. The standard InChI is InChI=1S/C12H16ClNO2/c1-7-4-9(13)5-10(12(7)15-3)11-6-14-8(2)16-11/h4-5,8,11,14H,6H2,1-3H3. The van der Waals surface area contributed by atoms with E-state index in [-0.39, 0.29) is 12.3 Å². The maximum absolute atomic E-state index is 6.06. The van der Waals surface area contributed by atoms with Crippen molar-refractivity contribution in [3.8, 4) is 5.75 Å². The highest BCUT2D eigenvalue weighted by molar-refractivity contribution is 6.30. The van der Waals surface area contributed by atoms with Crippen LogP contribution in [0.3, 0.4) is 0 Å². The number of benzene rings is 1. The minimum atomic E-state index is 0.0161. The Balaban J connectivity index is 2.38. The third-order valence-electron chi connectivity index (χ3n) is 2.78. The molecule has 0 saturated carbocycles. The molecule has 1 heterocycles. The largest absolute Gasteiger partial charge is 0.496 e. The third kappa shape index (κ3) is 2.17. The number of rotatable bonds is 2. The van der Waals surface area contributed by atoms with Gasteiger partial charge in [0.05, 0.1) is 7.11 Å². The van der Waals surface area contributed by atoms with Gasteiger partial charge in [0, 0.05) is 17.1 Å². The quantitative estimate of drug-likeness (QED) is 0.864. The molecule has 2 atom stereocenters. The van der Waals surface area contributed by atoms with E-state index < -0.39 is 0 Å². The number of nitrogens with one attached hydrogen (secondary N) is 1. The van der Waals surface area contributed by atoms with Crippen LogP contribution in [0.4, 0.5) is 0 Å². The first kappa shape index (κ1) is 11.7. The number of aryl methyl sites for hydroxylation is 1. The maximum atomic E-state index is 6.06. The van der Waals surface area contributed by atoms with Gasteiger partial charge in [-0.25, -0.2) is 0 Å². The zero-order valence-corrected chi connectivity index (χ0v) is 10.5. The summed E-state index contributed by atoms with van der Waals surface area (Å²) in [4.78, 5) is 0. The summed E-state index contributed by atoms with van der Waals surface area (Å²) in [6.45, 7) is 4.77. The van der Waals surface area contributed by atoms with Crippen LogP contribution in [0.1, 0.15) is 24.2 Å². The van der Waals surface area contributed by atoms with Gasteiger partial charge in [0.2, 0.25) is 0 Å². The maximum Gasteiger partial charge on any atom is 0.127 e. The lowest BCUT2D eigenvalue weighted by Crippen LogP contribution is -2.17. The van der Waals surface area contributed by atoms with Gasteiger partial charge in [-0.3, -0.25) is 5.32 Å². The van der Waals surface area contributed by atoms with E-state index in [0.29, 0.717) is 0 Å². The number of ether oxygens (including phenoxy) is 2. The van der Waals surface area contributed by atoms with E-state index in [4.69, 9.17) is 21.1 Å². The van der Waals surface area contributed by atoms with Gasteiger partial charge >= 0.3 is 0 Å². The molecule has 4 heteroatoms. The Morgan fingerprint density at radius 2 is 2.25 bits per heavy atom. The summed E-state index contributed by atoms with van der Waals surface area (Å²) in [7, 11) is 1.67. The Labute approximate surface area is 101 Å². The van der Waals surface area contributed by atoms with Crippen molar-refractivity contribution < 1.29 is 9.47 Å². The molecular weight excluding hydrogens is 226 g/mol. The number of hydrogen-bond acceptors (Lipinski definition) is 3. The molecule has 1 aromatic carbocycles. The molecule has 0 spiro atoms. The highest BCUT2D eigenvalue weighted by atomic mass is 35.5. The van der Waals surface area contributed by atoms with Crippen LogP contribution in [0.25, 0.3) is 0 Å². The van der Waals surface area contributed by atoms with Gasteiger partial charge < -0.3 is 9.47 Å². The van der Waals surface area contributed by atoms with Gasteiger partial charge in [-0.05, 0) is 31.5 Å². The Kier molecular flexibility index (Phi) is 3.38. The van der Waals surface area contributed by atoms with Gasteiger partial charge in [0.15, 0.2) is 0 Å². The lowest BCUT2D eigenvalue weighted by molar-refractivity contribution is 0.0515. The first-order valence-electron chi connectivity index (χ1n) is 5.34. The van der Waals surface area contributed by atoms with Gasteiger partial charge in [-0.1, -0.05) is 11.6 Å². The normalized spacial score (nSPS) is 24.8. The molecule has 1 aliphatic heterocycles. The summed E-state index contributed by atoms with van der Waals surface area (Å²) in [5.74, 6) is 0.866. The van der Waals surface area contributed by atoms with Crippen molar-refractivity contribution in [2.24, 2.45) is 0 Å². The molecule has 0 aliphatic carbocycles. The summed E-state index contributed by atoms with van der Waals surface area (Å²) in [6.07, 6.45) is 0.0938. The van der Waals surface area contributed by atoms with Crippen LogP contribution >= 0.6 is 11.6 Å². The highest BCUT2D eigenvalue weighted by Crippen LogP contribution is 2.35. The Morgan fingerprint density at radius 1 is 1.50 bits per heavy atom. The molecule has 0 radical (unpaired) electrons. The predicted molar refractivity (Wildman–Crippen MR) is 64.0 cm³/mol. The van der Waals surface area contributed by atoms with Crippen molar-refractivity contribution in [2.45, 2.75) is 26.2 Å². The minimum Gasteiger partial charge on any atom is -0.496 e. The topological polar surface area (TPSA) is 30.5 Å². The lowest BCUT2D eigenvalue weighted by Gasteiger charge is -2.16. The molecular formula is C12H16ClNO2. The second-order valence-corrected chi connectivity index (χ2v) is 4.46. The smallest absolute Gasteiger partial charge is 0.127 e. The van der Waals surface area contributed by atoms with Crippen molar-refractivity contribution in [3.05, 3.63) is 28.3 Å². The molecule has 2 rings (SSSR count). The molecule has 0 aromatic heterocycles. The Morgan fingerprint density at radius 3 is 2.81 bits per heavy atom. The molecule has 1 saturated heterocycles. The van der Waals surface area contributed by atoms with Crippen molar-refractivity contribution in [3.63, 3.8) is 0 Å². The van der Waals surface area contributed by atoms with E-state index in [1.165, 1.54) is 0 Å². The summed E-state index contributed by atoms with van der Waals surface area (Å²) in [6, 6.07) is 3.81. The van der Waals surface area contributed by atoms with E-state index in [9.17, 15) is 0 Å². The van der Waals surface area contributed by atoms with Crippen molar-refractivity contribution in [1.29, 1.82) is 0 Å². The molecule has 16 heavy (non-hydrogen) atoms. The molecule has 3 nitrogen and oxygen atoms in total. The average molecular weight is 242 g/mol. The first-order chi connectivity index (χ1) is 7.61. The van der Waals surface area contributed by atoms with Crippen molar-refractivity contribution in [2.75, 3.05) is 13.7 Å². The van der Waals surface area contributed by atoms with Crippen LogP contribution in [0.2, 0.25) is 5.02 Å². The minimum absolute atomic E-state index is 0.0161. The third-order valence-corrected chi connectivity index (χ3v) is 3.00. The molecule has 1 aromatic rings. The lowest BCUT2D eigenvalue weighted by atomic mass is 10.0. The molecule has 1 aliphatic rings. The summed E-state index contributed by atoms with van der Waals surface area (Å²) in [5.41, 5.74) is 2.05. The van der Waals surface area contributed by atoms with Gasteiger partial charge in [0.1, 0.15) is 18.1 Å².